The van der Waals surface area contributed by atoms with E-state index in [1.165, 1.54) is 19.3 Å². The first-order valence-electron chi connectivity index (χ1n) is 8.54. The molecule has 4 fully saturated rings. The van der Waals surface area contributed by atoms with Gasteiger partial charge in [-0.15, -0.1) is 0 Å². The van der Waals surface area contributed by atoms with Crippen molar-refractivity contribution in [2.24, 2.45) is 17.8 Å². The summed E-state index contributed by atoms with van der Waals surface area (Å²) in [6.07, 6.45) is 7.23. The van der Waals surface area contributed by atoms with Gasteiger partial charge in [-0.1, -0.05) is 13.8 Å². The summed E-state index contributed by atoms with van der Waals surface area (Å²) in [7, 11) is -3.23. The first kappa shape index (κ1) is 15.8. The van der Waals surface area contributed by atoms with E-state index in [2.05, 4.69) is 10.0 Å². The van der Waals surface area contributed by atoms with Crippen molar-refractivity contribution in [3.8, 4) is 0 Å². The number of sulfonamides is 1. The van der Waals surface area contributed by atoms with E-state index in [0.717, 1.165) is 37.0 Å². The Balaban J connectivity index is 1.67. The van der Waals surface area contributed by atoms with E-state index in [0.29, 0.717) is 12.6 Å². The standard InChI is InChI=1S/C16H30N2O2S/c1-11(2)17-10-12(3)21(19,20)18-16-7-13-4-14(8-16)6-15(5-13)9-16/h11-15,17-18H,4-10H2,1-3H3. The summed E-state index contributed by atoms with van der Waals surface area (Å²) < 4.78 is 28.5. The molecule has 4 aliphatic rings. The normalized spacial score (nSPS) is 39.9. The van der Waals surface area contributed by atoms with E-state index >= 15 is 0 Å². The van der Waals surface area contributed by atoms with Crippen molar-refractivity contribution < 1.29 is 8.42 Å². The molecule has 4 rings (SSSR count). The molecule has 0 aromatic carbocycles. The van der Waals surface area contributed by atoms with Crippen LogP contribution in [0.25, 0.3) is 0 Å². The molecular formula is C16H30N2O2S. The van der Waals surface area contributed by atoms with Crippen LogP contribution in [0.5, 0.6) is 0 Å². The quantitative estimate of drug-likeness (QED) is 0.790. The van der Waals surface area contributed by atoms with Crippen LogP contribution in [-0.4, -0.2) is 31.8 Å². The molecule has 1 atom stereocenters. The van der Waals surface area contributed by atoms with Crippen LogP contribution >= 0.6 is 0 Å². The Kier molecular flexibility index (Phi) is 4.13. The van der Waals surface area contributed by atoms with Crippen molar-refractivity contribution in [2.45, 2.75) is 76.1 Å². The van der Waals surface area contributed by atoms with Gasteiger partial charge in [0.2, 0.25) is 10.0 Å². The second-order valence-corrected chi connectivity index (χ2v) is 10.3. The fourth-order valence-electron chi connectivity index (χ4n) is 5.15. The van der Waals surface area contributed by atoms with Crippen molar-refractivity contribution in [3.63, 3.8) is 0 Å². The molecule has 1 unspecified atom stereocenters. The predicted molar refractivity (Wildman–Crippen MR) is 85.6 cm³/mol. The van der Waals surface area contributed by atoms with Crippen LogP contribution in [0.15, 0.2) is 0 Å². The molecule has 0 amide bonds. The third-order valence-electron chi connectivity index (χ3n) is 5.74. The first-order chi connectivity index (χ1) is 9.78. The van der Waals surface area contributed by atoms with Gasteiger partial charge in [-0.05, 0) is 63.2 Å². The Hall–Kier alpha value is -0.130. The van der Waals surface area contributed by atoms with Gasteiger partial charge in [0, 0.05) is 18.1 Å². The van der Waals surface area contributed by atoms with Crippen LogP contribution in [0, 0.1) is 17.8 Å². The highest BCUT2D eigenvalue weighted by molar-refractivity contribution is 7.90. The zero-order valence-corrected chi connectivity index (χ0v) is 14.4. The van der Waals surface area contributed by atoms with Crippen LogP contribution in [-0.2, 0) is 10.0 Å². The summed E-state index contributed by atoms with van der Waals surface area (Å²) in [4.78, 5) is 0. The minimum absolute atomic E-state index is 0.111. The molecule has 4 saturated carbocycles. The molecule has 21 heavy (non-hydrogen) atoms. The number of nitrogens with one attached hydrogen (secondary N) is 2. The van der Waals surface area contributed by atoms with E-state index in [1.54, 1.807) is 0 Å². The van der Waals surface area contributed by atoms with Gasteiger partial charge in [0.15, 0.2) is 0 Å². The fourth-order valence-corrected chi connectivity index (χ4v) is 6.52. The third-order valence-corrected chi connectivity index (χ3v) is 7.68. The minimum atomic E-state index is -3.23. The number of hydrogen-bond acceptors (Lipinski definition) is 3. The Morgan fingerprint density at radius 1 is 1.00 bits per heavy atom. The third kappa shape index (κ3) is 3.30. The second-order valence-electron chi connectivity index (χ2n) is 8.22. The molecule has 0 radical (unpaired) electrons. The molecule has 0 saturated heterocycles. The van der Waals surface area contributed by atoms with E-state index in [9.17, 15) is 8.42 Å². The smallest absolute Gasteiger partial charge is 0.215 e. The topological polar surface area (TPSA) is 58.2 Å². The highest BCUT2D eigenvalue weighted by Gasteiger charge is 2.52. The second kappa shape index (κ2) is 5.50. The lowest BCUT2D eigenvalue weighted by Crippen LogP contribution is -2.61. The molecule has 0 heterocycles. The molecular weight excluding hydrogens is 284 g/mol. The monoisotopic (exact) mass is 314 g/mol. The molecule has 0 aromatic rings. The van der Waals surface area contributed by atoms with E-state index in [1.807, 2.05) is 20.8 Å². The maximum absolute atomic E-state index is 12.7. The molecule has 122 valence electrons. The van der Waals surface area contributed by atoms with E-state index in [-0.39, 0.29) is 10.8 Å². The SMILES string of the molecule is CC(C)NCC(C)S(=O)(=O)NC12CC3CC(CC(C3)C1)C2. The molecule has 4 nitrogen and oxygen atoms in total. The Bertz CT molecular complexity index is 451. The van der Waals surface area contributed by atoms with Crippen LogP contribution in [0.1, 0.15) is 59.3 Å². The van der Waals surface area contributed by atoms with Crippen LogP contribution in [0.4, 0.5) is 0 Å². The molecule has 0 spiro atoms. The molecule has 4 aliphatic carbocycles. The van der Waals surface area contributed by atoms with Gasteiger partial charge in [0.25, 0.3) is 0 Å². The maximum atomic E-state index is 12.7. The molecule has 4 bridgehead atoms. The molecule has 0 aliphatic heterocycles. The summed E-state index contributed by atoms with van der Waals surface area (Å²) in [5.41, 5.74) is -0.111. The average molecular weight is 314 g/mol. The highest BCUT2D eigenvalue weighted by Crippen LogP contribution is 2.55. The van der Waals surface area contributed by atoms with Crippen LogP contribution < -0.4 is 10.0 Å². The minimum Gasteiger partial charge on any atom is -0.313 e. The largest absolute Gasteiger partial charge is 0.313 e. The molecule has 0 aromatic heterocycles. The van der Waals surface area contributed by atoms with E-state index in [4.69, 9.17) is 0 Å². The summed E-state index contributed by atoms with van der Waals surface area (Å²) in [5, 5.41) is 2.87. The Labute approximate surface area is 129 Å². The first-order valence-corrected chi connectivity index (χ1v) is 10.1. The van der Waals surface area contributed by atoms with E-state index < -0.39 is 10.0 Å². The van der Waals surface area contributed by atoms with Gasteiger partial charge in [-0.2, -0.15) is 0 Å². The highest BCUT2D eigenvalue weighted by atomic mass is 32.2. The van der Waals surface area contributed by atoms with Crippen LogP contribution in [0.2, 0.25) is 0 Å². The van der Waals surface area contributed by atoms with Crippen molar-refractivity contribution >= 4 is 10.0 Å². The van der Waals surface area contributed by atoms with Crippen LogP contribution in [0.3, 0.4) is 0 Å². The van der Waals surface area contributed by atoms with Gasteiger partial charge in [-0.25, -0.2) is 13.1 Å². The lowest BCUT2D eigenvalue weighted by Gasteiger charge is -2.56. The maximum Gasteiger partial charge on any atom is 0.215 e. The summed E-state index contributed by atoms with van der Waals surface area (Å²) in [6.45, 7) is 6.44. The zero-order chi connectivity index (χ0) is 15.3. The van der Waals surface area contributed by atoms with Gasteiger partial charge in [0.05, 0.1) is 5.25 Å². The Morgan fingerprint density at radius 2 is 1.48 bits per heavy atom. The number of rotatable bonds is 6. The fraction of sp³-hybridized carbons (Fsp3) is 1.00. The van der Waals surface area contributed by atoms with Crippen molar-refractivity contribution in [1.29, 1.82) is 0 Å². The van der Waals surface area contributed by atoms with Gasteiger partial charge in [0.1, 0.15) is 0 Å². The van der Waals surface area contributed by atoms with Crippen molar-refractivity contribution in [2.75, 3.05) is 6.54 Å². The summed E-state index contributed by atoms with van der Waals surface area (Å²) >= 11 is 0. The van der Waals surface area contributed by atoms with Gasteiger partial charge < -0.3 is 5.32 Å². The average Bonchev–Trinajstić information content (AvgIpc) is 2.32. The number of hydrogen-bond donors (Lipinski definition) is 2. The van der Waals surface area contributed by atoms with Crippen molar-refractivity contribution in [3.05, 3.63) is 0 Å². The summed E-state index contributed by atoms with van der Waals surface area (Å²) in [5.74, 6) is 2.30. The zero-order valence-electron chi connectivity index (χ0n) is 13.6. The predicted octanol–water partition coefficient (Wildman–Crippen LogP) is 2.26. The van der Waals surface area contributed by atoms with Gasteiger partial charge >= 0.3 is 0 Å². The molecule has 2 N–H and O–H groups in total. The molecule has 5 heteroatoms. The van der Waals surface area contributed by atoms with Gasteiger partial charge in [-0.3, -0.25) is 0 Å². The lowest BCUT2D eigenvalue weighted by atomic mass is 9.53. The van der Waals surface area contributed by atoms with Crippen molar-refractivity contribution in [1.82, 2.24) is 10.0 Å². The summed E-state index contributed by atoms with van der Waals surface area (Å²) in [6, 6.07) is 0.321. The Morgan fingerprint density at radius 3 is 1.90 bits per heavy atom. The lowest BCUT2D eigenvalue weighted by molar-refractivity contribution is -0.00820.